The van der Waals surface area contributed by atoms with E-state index in [1.165, 1.54) is 42.4 Å². The van der Waals surface area contributed by atoms with Gasteiger partial charge in [-0.25, -0.2) is 0 Å². The highest BCUT2D eigenvalue weighted by molar-refractivity contribution is 7.25. The minimum Gasteiger partial charge on any atom is -0.456 e. The van der Waals surface area contributed by atoms with E-state index >= 15 is 0 Å². The highest BCUT2D eigenvalue weighted by atomic mass is 32.1. The first-order valence-electron chi connectivity index (χ1n) is 15.5. The Hall–Kier alpha value is -5.64. The largest absolute Gasteiger partial charge is 0.456 e. The topological polar surface area (TPSA) is 16.4 Å². The molecule has 46 heavy (non-hydrogen) atoms. The lowest BCUT2D eigenvalue weighted by atomic mass is 10.0. The zero-order valence-electron chi connectivity index (χ0n) is 25.5. The second-order valence-electron chi connectivity index (χ2n) is 11.4. The molecule has 0 radical (unpaired) electrons. The highest BCUT2D eigenvalue weighted by Crippen LogP contribution is 2.41. The fourth-order valence-electron chi connectivity index (χ4n) is 6.34. The van der Waals surface area contributed by atoms with Gasteiger partial charge in [0.05, 0.1) is 0 Å². The fraction of sp³-hybridized carbons (Fsp3) is 0.0233. The van der Waals surface area contributed by atoms with Crippen LogP contribution in [0.5, 0.6) is 0 Å². The summed E-state index contributed by atoms with van der Waals surface area (Å²) in [6, 6.07) is 50.1. The molecule has 0 saturated heterocycles. The van der Waals surface area contributed by atoms with Gasteiger partial charge in [-0.2, -0.15) is 0 Å². The van der Waals surface area contributed by atoms with Crippen LogP contribution in [0.3, 0.4) is 0 Å². The lowest BCUT2D eigenvalue weighted by molar-refractivity contribution is 0.603. The second-order valence-corrected chi connectivity index (χ2v) is 12.5. The lowest BCUT2D eigenvalue weighted by Gasteiger charge is -2.26. The third-order valence-electron chi connectivity index (χ3n) is 8.58. The maximum absolute atomic E-state index is 6.14. The van der Waals surface area contributed by atoms with Crippen LogP contribution in [-0.2, 0) is 0 Å². The molecule has 0 spiro atoms. The quantitative estimate of drug-likeness (QED) is 0.179. The van der Waals surface area contributed by atoms with E-state index in [0.717, 1.165) is 39.4 Å². The Morgan fingerprint density at radius 2 is 1.17 bits per heavy atom. The molecular formula is C43H31NOS. The Labute approximate surface area is 272 Å². The molecule has 3 heteroatoms. The highest BCUT2D eigenvalue weighted by Gasteiger charge is 2.17. The van der Waals surface area contributed by atoms with Gasteiger partial charge in [0.15, 0.2) is 0 Å². The number of furan rings is 1. The van der Waals surface area contributed by atoms with Crippen LogP contribution in [0.15, 0.2) is 157 Å². The molecule has 0 amide bonds. The average molecular weight is 610 g/mol. The number of benzene rings is 6. The molecule has 0 N–H and O–H groups in total. The van der Waals surface area contributed by atoms with Gasteiger partial charge in [-0.1, -0.05) is 97.6 Å². The molecular weight excluding hydrogens is 579 g/mol. The Morgan fingerprint density at radius 1 is 0.565 bits per heavy atom. The number of hydrogen-bond acceptors (Lipinski definition) is 3. The van der Waals surface area contributed by atoms with Crippen LogP contribution in [-0.4, -0.2) is 0 Å². The number of thiophene rings is 1. The summed E-state index contributed by atoms with van der Waals surface area (Å²) < 4.78 is 8.78. The molecule has 0 fully saturated rings. The summed E-state index contributed by atoms with van der Waals surface area (Å²) in [5.74, 6) is 0.781. The van der Waals surface area contributed by atoms with Gasteiger partial charge in [-0.05, 0) is 95.9 Å². The molecule has 2 nitrogen and oxygen atoms in total. The van der Waals surface area contributed by atoms with Crippen molar-refractivity contribution < 1.29 is 4.42 Å². The van der Waals surface area contributed by atoms with Gasteiger partial charge in [0.1, 0.15) is 11.3 Å². The van der Waals surface area contributed by atoms with Crippen molar-refractivity contribution in [2.45, 2.75) is 6.92 Å². The van der Waals surface area contributed by atoms with Crippen molar-refractivity contribution in [2.24, 2.45) is 0 Å². The van der Waals surface area contributed by atoms with Crippen LogP contribution in [0, 0.1) is 0 Å². The van der Waals surface area contributed by atoms with Gasteiger partial charge in [-0.3, -0.25) is 0 Å². The van der Waals surface area contributed by atoms with Gasteiger partial charge < -0.3 is 9.32 Å². The molecule has 8 rings (SSSR count). The first kappa shape index (κ1) is 27.9. The average Bonchev–Trinajstić information content (AvgIpc) is 3.67. The molecule has 0 bridgehead atoms. The van der Waals surface area contributed by atoms with E-state index in [1.807, 2.05) is 24.3 Å². The van der Waals surface area contributed by atoms with E-state index in [-0.39, 0.29) is 0 Å². The van der Waals surface area contributed by atoms with Crippen LogP contribution in [0.4, 0.5) is 17.1 Å². The first-order valence-corrected chi connectivity index (χ1v) is 16.3. The first-order chi connectivity index (χ1) is 22.7. The Balaban J connectivity index is 1.23. The summed E-state index contributed by atoms with van der Waals surface area (Å²) in [6.07, 6.45) is 5.91. The number of hydrogen-bond donors (Lipinski definition) is 0. The number of allylic oxidation sites excluding steroid dienone is 1. The third kappa shape index (κ3) is 4.92. The zero-order valence-corrected chi connectivity index (χ0v) is 26.3. The third-order valence-corrected chi connectivity index (χ3v) is 9.74. The molecule has 0 unspecified atom stereocenters. The van der Waals surface area contributed by atoms with E-state index < -0.39 is 0 Å². The summed E-state index contributed by atoms with van der Waals surface area (Å²) in [6.45, 7) is 6.00. The van der Waals surface area contributed by atoms with Gasteiger partial charge in [-0.15, -0.1) is 11.3 Å². The van der Waals surface area contributed by atoms with E-state index in [1.54, 1.807) is 6.08 Å². The van der Waals surface area contributed by atoms with Gasteiger partial charge >= 0.3 is 0 Å². The number of anilines is 3. The molecule has 0 aliphatic rings. The van der Waals surface area contributed by atoms with Crippen molar-refractivity contribution in [1.82, 2.24) is 0 Å². The molecule has 0 atom stereocenters. The monoisotopic (exact) mass is 609 g/mol. The summed E-state index contributed by atoms with van der Waals surface area (Å²) in [4.78, 5) is 2.31. The van der Waals surface area contributed by atoms with E-state index in [9.17, 15) is 0 Å². The van der Waals surface area contributed by atoms with E-state index in [2.05, 4.69) is 157 Å². The van der Waals surface area contributed by atoms with Crippen LogP contribution in [0.1, 0.15) is 18.2 Å². The van der Waals surface area contributed by atoms with Crippen LogP contribution >= 0.6 is 11.3 Å². The predicted molar refractivity (Wildman–Crippen MR) is 199 cm³/mol. The Morgan fingerprint density at radius 3 is 1.89 bits per heavy atom. The van der Waals surface area contributed by atoms with Crippen molar-refractivity contribution in [3.8, 4) is 22.3 Å². The number of fused-ring (bicyclic) bond motifs is 4. The van der Waals surface area contributed by atoms with E-state index in [0.29, 0.717) is 0 Å². The van der Waals surface area contributed by atoms with Crippen LogP contribution in [0.25, 0.3) is 65.5 Å². The van der Waals surface area contributed by atoms with Crippen LogP contribution in [0.2, 0.25) is 0 Å². The molecule has 2 heterocycles. The summed E-state index contributed by atoms with van der Waals surface area (Å²) >= 11 is 1.85. The van der Waals surface area contributed by atoms with Crippen molar-refractivity contribution in [1.29, 1.82) is 0 Å². The maximum atomic E-state index is 6.14. The Kier molecular flexibility index (Phi) is 7.09. The van der Waals surface area contributed by atoms with Gasteiger partial charge in [0, 0.05) is 48.2 Å². The van der Waals surface area contributed by atoms with Gasteiger partial charge in [0.2, 0.25) is 0 Å². The summed E-state index contributed by atoms with van der Waals surface area (Å²) in [5.41, 5.74) is 9.90. The van der Waals surface area contributed by atoms with Crippen molar-refractivity contribution in [2.75, 3.05) is 4.90 Å². The fourth-order valence-corrected chi connectivity index (χ4v) is 7.43. The molecule has 0 saturated carbocycles. The normalized spacial score (nSPS) is 11.6. The number of rotatable bonds is 7. The maximum Gasteiger partial charge on any atom is 0.135 e. The van der Waals surface area contributed by atoms with Crippen LogP contribution < -0.4 is 4.90 Å². The summed E-state index contributed by atoms with van der Waals surface area (Å²) in [5, 5.41) is 3.69. The molecule has 0 aliphatic carbocycles. The molecule has 0 aliphatic heterocycles. The van der Waals surface area contributed by atoms with Crippen molar-refractivity contribution in [3.63, 3.8) is 0 Å². The SMILES string of the molecule is C=Cc1oc2ccc(N(c3ccc(-c4ccccc4)cc3)c3ccc(-c4ccc5sc6ccccc6c5c4)cc3)cc2c1/C=C\C. The molecule has 6 aromatic carbocycles. The molecule has 220 valence electrons. The summed E-state index contributed by atoms with van der Waals surface area (Å²) in [7, 11) is 0. The van der Waals surface area contributed by atoms with Crippen molar-refractivity contribution >= 4 is 71.7 Å². The molecule has 2 aromatic heterocycles. The second kappa shape index (κ2) is 11.7. The minimum absolute atomic E-state index is 0.781. The number of nitrogens with zero attached hydrogens (tertiary/aromatic N) is 1. The lowest BCUT2D eigenvalue weighted by Crippen LogP contribution is -2.09. The Bertz CT molecular complexity index is 2380. The predicted octanol–water partition coefficient (Wildman–Crippen LogP) is 13.3. The molecule has 8 aromatic rings. The minimum atomic E-state index is 0.781. The van der Waals surface area contributed by atoms with Gasteiger partial charge in [0.25, 0.3) is 0 Å². The smallest absolute Gasteiger partial charge is 0.135 e. The van der Waals surface area contributed by atoms with Crippen molar-refractivity contribution in [3.05, 3.63) is 164 Å². The van der Waals surface area contributed by atoms with E-state index in [4.69, 9.17) is 4.42 Å². The standard InChI is InChI=1S/C43H31NOS/c1-3-10-36-38-28-35(24-25-41(38)45-40(36)4-2)44(33-20-15-30(16-21-33)29-11-6-5-7-12-29)34-22-17-31(18-23-34)32-19-26-43-39(27-32)37-13-8-9-14-42(37)46-43/h3-28H,2H2,1H3/b10-3-. The zero-order chi connectivity index (χ0) is 31.0.